The Hall–Kier alpha value is -3.64. The summed E-state index contributed by atoms with van der Waals surface area (Å²) < 4.78 is 5.62. The number of hydrogen-bond acceptors (Lipinski definition) is 4. The van der Waals surface area contributed by atoms with Crippen LogP contribution in [0.2, 0.25) is 5.02 Å². The van der Waals surface area contributed by atoms with Gasteiger partial charge in [-0.1, -0.05) is 41.9 Å². The monoisotopic (exact) mass is 433 g/mol. The molecule has 0 atom stereocenters. The number of amides is 1. The largest absolute Gasteiger partial charge is 0.485 e. The van der Waals surface area contributed by atoms with Crippen molar-refractivity contribution in [1.82, 2.24) is 10.2 Å². The molecule has 0 unspecified atom stereocenters. The highest BCUT2D eigenvalue weighted by Crippen LogP contribution is 2.25. The highest BCUT2D eigenvalue weighted by molar-refractivity contribution is 6.30. The van der Waals surface area contributed by atoms with Crippen LogP contribution in [0.1, 0.15) is 22.3 Å². The van der Waals surface area contributed by atoms with E-state index in [1.807, 2.05) is 30.3 Å². The van der Waals surface area contributed by atoms with Gasteiger partial charge in [-0.2, -0.15) is 5.10 Å². The van der Waals surface area contributed by atoms with Gasteiger partial charge >= 0.3 is 0 Å². The molecular formula is C24H20ClN3O3. The van der Waals surface area contributed by atoms with Crippen LogP contribution < -0.4 is 10.1 Å². The fourth-order valence-electron chi connectivity index (χ4n) is 3.15. The van der Waals surface area contributed by atoms with Crippen LogP contribution in [0.5, 0.6) is 5.75 Å². The van der Waals surface area contributed by atoms with Gasteiger partial charge in [-0.05, 0) is 48.4 Å². The van der Waals surface area contributed by atoms with Gasteiger partial charge < -0.3 is 10.1 Å². The van der Waals surface area contributed by atoms with E-state index in [9.17, 15) is 9.59 Å². The number of nitrogens with zero attached hydrogens (tertiary/aromatic N) is 1. The lowest BCUT2D eigenvalue weighted by Crippen LogP contribution is -2.12. The van der Waals surface area contributed by atoms with Crippen LogP contribution in [0.3, 0.4) is 0 Å². The molecule has 1 heterocycles. The van der Waals surface area contributed by atoms with Crippen LogP contribution in [0.25, 0.3) is 10.9 Å². The Morgan fingerprint density at radius 3 is 2.55 bits per heavy atom. The molecule has 1 aromatic heterocycles. The molecule has 3 aromatic carbocycles. The fraction of sp³-hybridized carbons (Fsp3) is 0.125. The smallest absolute Gasteiger partial charge is 0.225 e. The summed E-state index contributed by atoms with van der Waals surface area (Å²) in [7, 11) is 0. The molecule has 4 aromatic rings. The van der Waals surface area contributed by atoms with Crippen molar-refractivity contribution in [2.24, 2.45) is 0 Å². The van der Waals surface area contributed by atoms with E-state index in [-0.39, 0.29) is 18.3 Å². The van der Waals surface area contributed by atoms with E-state index in [1.54, 1.807) is 42.5 Å². The standard InChI is InChI=1S/C24H20ClN3O3/c25-18-9-7-17(8-10-18)22(29)15-31-19-11-12-20-21(14-19)27-28-24(20)26-23(30)13-6-16-4-2-1-3-5-16/h1-5,7-12,14H,6,13,15H2,(H2,26,27,28,30). The van der Waals surface area contributed by atoms with E-state index in [0.29, 0.717) is 40.5 Å². The molecule has 0 spiro atoms. The van der Waals surface area contributed by atoms with E-state index >= 15 is 0 Å². The second-order valence-corrected chi connectivity index (χ2v) is 7.47. The minimum absolute atomic E-state index is 0.0929. The molecule has 31 heavy (non-hydrogen) atoms. The highest BCUT2D eigenvalue weighted by atomic mass is 35.5. The number of fused-ring (bicyclic) bond motifs is 1. The average Bonchev–Trinajstić information content (AvgIpc) is 3.19. The molecule has 156 valence electrons. The Kier molecular flexibility index (Phi) is 6.29. The summed E-state index contributed by atoms with van der Waals surface area (Å²) >= 11 is 5.85. The Morgan fingerprint density at radius 1 is 1.00 bits per heavy atom. The first-order valence-corrected chi connectivity index (χ1v) is 10.2. The molecule has 0 aliphatic rings. The van der Waals surface area contributed by atoms with Gasteiger partial charge in [-0.15, -0.1) is 0 Å². The zero-order valence-electron chi connectivity index (χ0n) is 16.6. The minimum atomic E-state index is -0.146. The predicted octanol–water partition coefficient (Wildman–Crippen LogP) is 5.05. The van der Waals surface area contributed by atoms with Gasteiger partial charge in [0.2, 0.25) is 5.91 Å². The molecule has 0 saturated heterocycles. The number of aromatic nitrogens is 2. The molecular weight excluding hydrogens is 414 g/mol. The van der Waals surface area contributed by atoms with Crippen LogP contribution in [-0.4, -0.2) is 28.5 Å². The number of nitrogens with one attached hydrogen (secondary N) is 2. The Morgan fingerprint density at radius 2 is 1.77 bits per heavy atom. The predicted molar refractivity (Wildman–Crippen MR) is 121 cm³/mol. The van der Waals surface area contributed by atoms with E-state index in [1.165, 1.54) is 0 Å². The van der Waals surface area contributed by atoms with Crippen LogP contribution in [0.15, 0.2) is 72.8 Å². The number of ketones is 1. The summed E-state index contributed by atoms with van der Waals surface area (Å²) in [6, 6.07) is 21.8. The van der Waals surface area contributed by atoms with Gasteiger partial charge in [0.05, 0.1) is 5.52 Å². The van der Waals surface area contributed by atoms with E-state index in [0.717, 1.165) is 10.9 Å². The normalized spacial score (nSPS) is 10.7. The number of rotatable bonds is 8. The number of anilines is 1. The Bertz CT molecular complexity index is 1200. The summed E-state index contributed by atoms with van der Waals surface area (Å²) in [5.41, 5.74) is 2.35. The first-order valence-electron chi connectivity index (χ1n) is 9.82. The molecule has 6 nitrogen and oxygen atoms in total. The molecule has 0 aliphatic heterocycles. The molecule has 0 bridgehead atoms. The maximum Gasteiger partial charge on any atom is 0.225 e. The summed E-state index contributed by atoms with van der Waals surface area (Å²) in [6.07, 6.45) is 1.03. The van der Waals surface area contributed by atoms with Crippen molar-refractivity contribution in [3.63, 3.8) is 0 Å². The van der Waals surface area contributed by atoms with E-state index < -0.39 is 0 Å². The average molecular weight is 434 g/mol. The maximum atomic E-state index is 12.3. The molecule has 0 fully saturated rings. The second-order valence-electron chi connectivity index (χ2n) is 7.03. The lowest BCUT2D eigenvalue weighted by Gasteiger charge is -2.06. The van der Waals surface area contributed by atoms with Crippen LogP contribution >= 0.6 is 11.6 Å². The summed E-state index contributed by atoms with van der Waals surface area (Å²) in [5.74, 6) is 0.746. The van der Waals surface area contributed by atoms with Gasteiger partial charge in [-0.3, -0.25) is 14.7 Å². The number of carbonyl (C=O) groups excluding carboxylic acids is 2. The number of halogens is 1. The summed E-state index contributed by atoms with van der Waals surface area (Å²) in [4.78, 5) is 24.5. The molecule has 7 heteroatoms. The highest BCUT2D eigenvalue weighted by Gasteiger charge is 2.12. The van der Waals surface area contributed by atoms with Crippen molar-refractivity contribution in [3.05, 3.63) is 88.9 Å². The SMILES string of the molecule is O=C(CCc1ccccc1)Nc1n[nH]c2cc(OCC(=O)c3ccc(Cl)cc3)ccc12. The number of hydrogen-bond donors (Lipinski definition) is 2. The quantitative estimate of drug-likeness (QED) is 0.381. The third-order valence-corrected chi connectivity index (χ3v) is 5.06. The lowest BCUT2D eigenvalue weighted by atomic mass is 10.1. The summed E-state index contributed by atoms with van der Waals surface area (Å²) in [5, 5.41) is 11.3. The number of benzene rings is 3. The molecule has 0 radical (unpaired) electrons. The second kappa shape index (κ2) is 9.45. The zero-order valence-corrected chi connectivity index (χ0v) is 17.4. The number of H-pyrrole nitrogens is 1. The topological polar surface area (TPSA) is 84.1 Å². The number of aryl methyl sites for hydroxylation is 1. The summed E-state index contributed by atoms with van der Waals surface area (Å²) in [6.45, 7) is -0.0929. The zero-order chi connectivity index (χ0) is 21.6. The van der Waals surface area contributed by atoms with Crippen LogP contribution in [0.4, 0.5) is 5.82 Å². The van der Waals surface area contributed by atoms with Gasteiger partial charge in [0, 0.05) is 28.5 Å². The number of Topliss-reactive ketones (excluding diaryl/α,β-unsaturated/α-hetero) is 1. The minimum Gasteiger partial charge on any atom is -0.485 e. The molecule has 0 aliphatic carbocycles. The molecule has 0 saturated carbocycles. The maximum absolute atomic E-state index is 12.3. The number of carbonyl (C=O) groups is 2. The van der Waals surface area contributed by atoms with Gasteiger partial charge in [-0.25, -0.2) is 0 Å². The molecule has 4 rings (SSSR count). The molecule has 1 amide bonds. The van der Waals surface area contributed by atoms with E-state index in [4.69, 9.17) is 16.3 Å². The van der Waals surface area contributed by atoms with Crippen molar-refractivity contribution in [3.8, 4) is 5.75 Å². The van der Waals surface area contributed by atoms with Crippen LogP contribution in [-0.2, 0) is 11.2 Å². The third kappa shape index (κ3) is 5.29. The fourth-order valence-corrected chi connectivity index (χ4v) is 3.27. The van der Waals surface area contributed by atoms with Crippen molar-refractivity contribution >= 4 is 40.0 Å². The Labute approximate surface area is 184 Å². The van der Waals surface area contributed by atoms with Gasteiger partial charge in [0.15, 0.2) is 18.2 Å². The van der Waals surface area contributed by atoms with Gasteiger partial charge in [0.1, 0.15) is 5.75 Å². The van der Waals surface area contributed by atoms with Crippen molar-refractivity contribution in [2.45, 2.75) is 12.8 Å². The first kappa shape index (κ1) is 20.6. The van der Waals surface area contributed by atoms with E-state index in [2.05, 4.69) is 15.5 Å². The third-order valence-electron chi connectivity index (χ3n) is 4.81. The lowest BCUT2D eigenvalue weighted by molar-refractivity contribution is -0.116. The van der Waals surface area contributed by atoms with Crippen molar-refractivity contribution in [1.29, 1.82) is 0 Å². The number of ether oxygens (including phenoxy) is 1. The van der Waals surface area contributed by atoms with Crippen molar-refractivity contribution in [2.75, 3.05) is 11.9 Å². The first-order chi connectivity index (χ1) is 15.1. The van der Waals surface area contributed by atoms with Crippen LogP contribution in [0, 0.1) is 0 Å². The number of aromatic amines is 1. The molecule has 2 N–H and O–H groups in total. The van der Waals surface area contributed by atoms with Gasteiger partial charge in [0.25, 0.3) is 0 Å². The Balaban J connectivity index is 1.35. The van der Waals surface area contributed by atoms with Crippen molar-refractivity contribution < 1.29 is 14.3 Å².